The van der Waals surface area contributed by atoms with E-state index < -0.39 is 8.38 Å². The number of hydrogen-bond donors (Lipinski definition) is 1. The highest BCUT2D eigenvalue weighted by Gasteiger charge is 2.33. The average Bonchev–Trinajstić information content (AvgIpc) is 2.95. The topological polar surface area (TPSA) is 91.7 Å². The molecule has 1 heterocycles. The highest BCUT2D eigenvalue weighted by Crippen LogP contribution is 2.33. The van der Waals surface area contributed by atoms with E-state index in [1.165, 1.54) is 0 Å². The van der Waals surface area contributed by atoms with Gasteiger partial charge in [-0.1, -0.05) is 0 Å². The zero-order valence-electron chi connectivity index (χ0n) is 12.5. The van der Waals surface area contributed by atoms with E-state index in [0.29, 0.717) is 32.5 Å². The molecule has 0 spiro atoms. The lowest BCUT2D eigenvalue weighted by Gasteiger charge is -2.24. The van der Waals surface area contributed by atoms with E-state index in [9.17, 15) is 9.59 Å². The number of likely N-dealkylation sites (tertiary alicyclic amines) is 1. The first-order chi connectivity index (χ1) is 10.1. The van der Waals surface area contributed by atoms with Crippen LogP contribution >= 0.6 is 8.38 Å². The van der Waals surface area contributed by atoms with Crippen LogP contribution in [0.3, 0.4) is 0 Å². The molecule has 2 amide bonds. The van der Waals surface area contributed by atoms with Crippen molar-refractivity contribution in [2.45, 2.75) is 32.2 Å². The van der Waals surface area contributed by atoms with Gasteiger partial charge < -0.3 is 19.3 Å². The number of nitriles is 1. The minimum Gasteiger partial charge on any atom is -0.355 e. The maximum Gasteiger partial charge on any atom is 0.249 e. The molecule has 8 heteroatoms. The van der Waals surface area contributed by atoms with Crippen LogP contribution in [-0.2, 0) is 18.6 Å². The molecule has 1 aliphatic heterocycles. The first-order valence-electron chi connectivity index (χ1n) is 7.03. The van der Waals surface area contributed by atoms with Crippen molar-refractivity contribution in [1.29, 1.82) is 5.26 Å². The molecule has 118 valence electrons. The van der Waals surface area contributed by atoms with Crippen molar-refractivity contribution in [2.24, 2.45) is 0 Å². The third-order valence-electron chi connectivity index (χ3n) is 3.08. The van der Waals surface area contributed by atoms with Gasteiger partial charge >= 0.3 is 0 Å². The first-order valence-corrected chi connectivity index (χ1v) is 8.66. The molecule has 1 saturated heterocycles. The Morgan fingerprint density at radius 1 is 1.48 bits per heavy atom. The maximum atomic E-state index is 12.1. The Morgan fingerprint density at radius 2 is 2.24 bits per heavy atom. The van der Waals surface area contributed by atoms with Crippen LogP contribution in [0, 0.1) is 11.3 Å². The van der Waals surface area contributed by atoms with Gasteiger partial charge in [-0.3, -0.25) is 9.59 Å². The smallest absolute Gasteiger partial charge is 0.249 e. The molecule has 7 nitrogen and oxygen atoms in total. The number of carbonyl (C=O) groups is 2. The van der Waals surface area contributed by atoms with Gasteiger partial charge in [0.1, 0.15) is 12.6 Å². The van der Waals surface area contributed by atoms with Crippen LogP contribution in [0.15, 0.2) is 0 Å². The monoisotopic (exact) mass is 316 g/mol. The van der Waals surface area contributed by atoms with Gasteiger partial charge in [0, 0.05) is 19.8 Å². The Labute approximate surface area is 126 Å². The Bertz CT molecular complexity index is 399. The predicted octanol–water partition coefficient (Wildman–Crippen LogP) is 1.00. The normalized spacial score (nSPS) is 19.1. The van der Waals surface area contributed by atoms with Gasteiger partial charge in [-0.25, -0.2) is 0 Å². The summed E-state index contributed by atoms with van der Waals surface area (Å²) in [5, 5.41) is 11.2. The van der Waals surface area contributed by atoms with E-state index >= 15 is 0 Å². The molecule has 2 unspecified atom stereocenters. The molecule has 1 N–H and O–H groups in total. The van der Waals surface area contributed by atoms with Crippen LogP contribution < -0.4 is 5.32 Å². The fraction of sp³-hybridized carbons (Fsp3) is 0.769. The van der Waals surface area contributed by atoms with E-state index in [-0.39, 0.29) is 24.5 Å². The van der Waals surface area contributed by atoms with Crippen LogP contribution in [0.1, 0.15) is 26.2 Å². The molecule has 0 aromatic heterocycles. The van der Waals surface area contributed by atoms with Gasteiger partial charge in [0.05, 0.1) is 19.1 Å². The van der Waals surface area contributed by atoms with E-state index in [4.69, 9.17) is 14.3 Å². The summed E-state index contributed by atoms with van der Waals surface area (Å²) >= 11 is 0. The van der Waals surface area contributed by atoms with E-state index in [2.05, 4.69) is 5.32 Å². The Kier molecular flexibility index (Phi) is 8.21. The van der Waals surface area contributed by atoms with Gasteiger partial charge in [0.2, 0.25) is 11.8 Å². The minimum atomic E-state index is -1.17. The van der Waals surface area contributed by atoms with Crippen molar-refractivity contribution in [2.75, 3.05) is 33.0 Å². The zero-order valence-corrected chi connectivity index (χ0v) is 13.4. The SMILES string of the molecule is CCNC(=O)C1CCC[15N]1C(=O)COP(C)OCCC#N. The number of rotatable bonds is 8. The van der Waals surface area contributed by atoms with Crippen LogP contribution in [0.4, 0.5) is 0 Å². The quantitative estimate of drug-likeness (QED) is 0.410. The highest BCUT2D eigenvalue weighted by atomic mass is 31.2. The van der Waals surface area contributed by atoms with Crippen LogP contribution in [0.25, 0.3) is 0 Å². The largest absolute Gasteiger partial charge is 0.355 e. The van der Waals surface area contributed by atoms with Crippen LogP contribution in [0.2, 0.25) is 0 Å². The van der Waals surface area contributed by atoms with E-state index in [1.54, 1.807) is 11.6 Å². The van der Waals surface area contributed by atoms with Gasteiger partial charge in [-0.05, 0) is 19.8 Å². The summed E-state index contributed by atoms with van der Waals surface area (Å²) in [5.74, 6) is -0.297. The lowest BCUT2D eigenvalue weighted by atomic mass is 10.2. The summed E-state index contributed by atoms with van der Waals surface area (Å²) in [5.41, 5.74) is 0. The van der Waals surface area contributed by atoms with Gasteiger partial charge in [0.15, 0.2) is 8.38 Å². The number of nitrogens with one attached hydrogen (secondary N) is 1. The predicted molar refractivity (Wildman–Crippen MR) is 78.4 cm³/mol. The summed E-state index contributed by atoms with van der Waals surface area (Å²) in [6, 6.07) is 1.59. The van der Waals surface area contributed by atoms with Crippen molar-refractivity contribution in [3.63, 3.8) is 0 Å². The summed E-state index contributed by atoms with van der Waals surface area (Å²) < 4.78 is 10.6. The second kappa shape index (κ2) is 9.67. The first kappa shape index (κ1) is 17.8. The molecule has 21 heavy (non-hydrogen) atoms. The molecular formula is C13H22N3O4P. The molecule has 2 atom stereocenters. The molecule has 0 aromatic rings. The molecule has 1 fully saturated rings. The second-order valence-corrected chi connectivity index (χ2v) is 5.99. The Morgan fingerprint density at radius 3 is 2.90 bits per heavy atom. The fourth-order valence-corrected chi connectivity index (χ4v) is 2.83. The van der Waals surface area contributed by atoms with Crippen molar-refractivity contribution < 1.29 is 18.6 Å². The molecule has 0 aromatic carbocycles. The van der Waals surface area contributed by atoms with Gasteiger partial charge in [-0.15, -0.1) is 0 Å². The lowest BCUT2D eigenvalue weighted by Crippen LogP contribution is -2.46. The zero-order chi connectivity index (χ0) is 15.7. The maximum absolute atomic E-state index is 12.1. The molecule has 0 aliphatic carbocycles. The Hall–Kier alpha value is -1.22. The fourth-order valence-electron chi connectivity index (χ4n) is 2.12. The summed E-state index contributed by atoms with van der Waals surface area (Å²) in [6.07, 6.45) is 1.82. The second-order valence-electron chi connectivity index (χ2n) is 4.59. The molecular weight excluding hydrogens is 294 g/mol. The Balaban J connectivity index is 2.37. The average molecular weight is 316 g/mol. The molecule has 1 rings (SSSR count). The summed E-state index contributed by atoms with van der Waals surface area (Å²) in [7, 11) is -1.17. The van der Waals surface area contributed by atoms with Crippen molar-refractivity contribution in [3.05, 3.63) is 0 Å². The number of carbonyl (C=O) groups excluding carboxylic acids is 2. The third-order valence-corrected chi connectivity index (χ3v) is 4.12. The van der Waals surface area contributed by atoms with E-state index in [1.807, 2.05) is 13.0 Å². The molecule has 0 radical (unpaired) electrons. The number of likely N-dealkylation sites (N-methyl/N-ethyl adjacent to an activating group) is 1. The number of hydrogen-bond acceptors (Lipinski definition) is 5. The lowest BCUT2D eigenvalue weighted by molar-refractivity contribution is -0.139. The van der Waals surface area contributed by atoms with Crippen LogP contribution in [0.5, 0.6) is 0 Å². The standard InChI is InChI=1S/C13H22N3O4P/c1-3-15-13(18)11-6-4-8-16(11)12(17)10-20-21(2)19-9-5-7-14/h11H,3-6,8-10H2,1-2H3,(H,15,18)/i16+1. The molecule has 0 saturated carbocycles. The molecule has 1 aliphatic rings. The van der Waals surface area contributed by atoms with Crippen LogP contribution in [-0.4, -0.2) is 55.7 Å². The number of nitrogens with zero attached hydrogens (tertiary/aromatic N) is 2. The van der Waals surface area contributed by atoms with E-state index in [0.717, 1.165) is 6.42 Å². The number of amides is 2. The van der Waals surface area contributed by atoms with Crippen molar-refractivity contribution in [3.8, 4) is 6.07 Å². The van der Waals surface area contributed by atoms with Crippen molar-refractivity contribution >= 4 is 20.2 Å². The summed E-state index contributed by atoms with van der Waals surface area (Å²) in [6.45, 7) is 4.95. The molecule has 0 bridgehead atoms. The van der Waals surface area contributed by atoms with Gasteiger partial charge in [-0.2, -0.15) is 5.26 Å². The third kappa shape index (κ3) is 5.96. The minimum absolute atomic E-state index is 0.0926. The van der Waals surface area contributed by atoms with Crippen molar-refractivity contribution in [1.82, 2.24) is 10.2 Å². The highest BCUT2D eigenvalue weighted by molar-refractivity contribution is 7.46. The van der Waals surface area contributed by atoms with Gasteiger partial charge in [0.25, 0.3) is 0 Å². The summed E-state index contributed by atoms with van der Waals surface area (Å²) in [4.78, 5) is 25.6.